The molecule has 1 rings (SSSR count). The monoisotopic (exact) mass is 251 g/mol. The fraction of sp³-hybridized carbons (Fsp3) is 0.333. The molecule has 0 spiro atoms. The molecule has 0 aliphatic heterocycles. The number of ether oxygens (including phenoxy) is 1. The van der Waals surface area contributed by atoms with Gasteiger partial charge < -0.3 is 4.74 Å². The highest BCUT2D eigenvalue weighted by Crippen LogP contribution is 2.21. The summed E-state index contributed by atoms with van der Waals surface area (Å²) >= 11 is 0. The molecule has 6 nitrogen and oxygen atoms in total. The third-order valence-corrected chi connectivity index (χ3v) is 2.48. The summed E-state index contributed by atoms with van der Waals surface area (Å²) in [7, 11) is 1.22. The van der Waals surface area contributed by atoms with E-state index in [0.29, 0.717) is 6.42 Å². The number of carbonyl (C=O) groups excluding carboxylic acids is 2. The van der Waals surface area contributed by atoms with Crippen molar-refractivity contribution < 1.29 is 19.2 Å². The quantitative estimate of drug-likeness (QED) is 0.453. The number of rotatable bonds is 5. The van der Waals surface area contributed by atoms with Crippen LogP contribution < -0.4 is 0 Å². The van der Waals surface area contributed by atoms with Gasteiger partial charge in [0, 0.05) is 24.5 Å². The smallest absolute Gasteiger partial charge is 0.337 e. The Kier molecular flexibility index (Phi) is 4.53. The molecule has 0 atom stereocenters. The van der Waals surface area contributed by atoms with Gasteiger partial charge >= 0.3 is 5.97 Å². The number of esters is 1. The second kappa shape index (κ2) is 5.90. The largest absolute Gasteiger partial charge is 0.465 e. The molecule has 0 amide bonds. The van der Waals surface area contributed by atoms with Gasteiger partial charge in [-0.05, 0) is 12.1 Å². The van der Waals surface area contributed by atoms with Crippen LogP contribution in [0, 0.1) is 10.1 Å². The van der Waals surface area contributed by atoms with E-state index < -0.39 is 10.9 Å². The van der Waals surface area contributed by atoms with Crippen LogP contribution in [0.3, 0.4) is 0 Å². The predicted octanol–water partition coefficient (Wildman–Crippen LogP) is 1.90. The maximum absolute atomic E-state index is 11.4. The van der Waals surface area contributed by atoms with E-state index in [1.165, 1.54) is 25.3 Å². The number of nitro groups is 1. The first-order valence-corrected chi connectivity index (χ1v) is 5.37. The second-order valence-electron chi connectivity index (χ2n) is 3.66. The molecule has 0 saturated heterocycles. The minimum absolute atomic E-state index is 0.0579. The number of Topliss-reactive ketones (excluding diaryl/α,β-unsaturated/α-hetero) is 1. The molecule has 0 heterocycles. The van der Waals surface area contributed by atoms with E-state index in [1.807, 2.05) is 0 Å². The molecular weight excluding hydrogens is 238 g/mol. The normalized spacial score (nSPS) is 9.89. The molecule has 0 saturated carbocycles. The molecule has 0 bridgehead atoms. The lowest BCUT2D eigenvalue weighted by Gasteiger charge is -2.04. The van der Waals surface area contributed by atoms with Gasteiger partial charge in [0.25, 0.3) is 5.69 Å². The van der Waals surface area contributed by atoms with Crippen molar-refractivity contribution >= 4 is 17.4 Å². The van der Waals surface area contributed by atoms with Crippen molar-refractivity contribution in [3.63, 3.8) is 0 Å². The highest BCUT2D eigenvalue weighted by Gasteiger charge is 2.18. The van der Waals surface area contributed by atoms with E-state index in [9.17, 15) is 19.7 Å². The van der Waals surface area contributed by atoms with Crippen molar-refractivity contribution in [3.8, 4) is 0 Å². The number of nitro benzene ring substituents is 1. The Balaban J connectivity index is 3.19. The van der Waals surface area contributed by atoms with Crippen LogP contribution in [0.2, 0.25) is 0 Å². The summed E-state index contributed by atoms with van der Waals surface area (Å²) in [4.78, 5) is 32.9. The molecule has 96 valence electrons. The minimum atomic E-state index is -0.588. The van der Waals surface area contributed by atoms with Crippen molar-refractivity contribution in [1.82, 2.24) is 0 Å². The first kappa shape index (κ1) is 13.8. The zero-order valence-corrected chi connectivity index (χ0v) is 10.1. The zero-order valence-electron chi connectivity index (χ0n) is 10.1. The Bertz CT molecular complexity index is 495. The molecule has 0 aromatic heterocycles. The fourth-order valence-electron chi connectivity index (χ4n) is 1.49. The summed E-state index contributed by atoms with van der Waals surface area (Å²) in [6.45, 7) is 1.68. The van der Waals surface area contributed by atoms with Crippen LogP contribution in [0.25, 0.3) is 0 Å². The predicted molar refractivity (Wildman–Crippen MR) is 63.4 cm³/mol. The molecule has 0 fully saturated rings. The van der Waals surface area contributed by atoms with Crippen molar-refractivity contribution in [1.29, 1.82) is 0 Å². The van der Waals surface area contributed by atoms with Gasteiger partial charge in [0.05, 0.1) is 17.6 Å². The van der Waals surface area contributed by atoms with Gasteiger partial charge in [-0.3, -0.25) is 14.9 Å². The first-order chi connectivity index (χ1) is 8.49. The van der Waals surface area contributed by atoms with E-state index in [4.69, 9.17) is 0 Å². The van der Waals surface area contributed by atoms with Gasteiger partial charge in [-0.15, -0.1) is 0 Å². The molecule has 0 unspecified atom stereocenters. The number of carbonyl (C=O) groups is 2. The summed E-state index contributed by atoms with van der Waals surface area (Å²) < 4.78 is 4.53. The third kappa shape index (κ3) is 3.13. The summed E-state index contributed by atoms with van der Waals surface area (Å²) in [6.07, 6.45) is 0.233. The number of benzene rings is 1. The first-order valence-electron chi connectivity index (χ1n) is 5.37. The third-order valence-electron chi connectivity index (χ3n) is 2.48. The highest BCUT2D eigenvalue weighted by atomic mass is 16.6. The molecule has 0 N–H and O–H groups in total. The molecule has 1 aromatic rings. The summed E-state index contributed by atoms with van der Waals surface area (Å²) in [6, 6.07) is 3.85. The van der Waals surface area contributed by atoms with Gasteiger partial charge in [-0.25, -0.2) is 4.79 Å². The van der Waals surface area contributed by atoms with Crippen LogP contribution in [0.4, 0.5) is 5.69 Å². The van der Waals surface area contributed by atoms with Gasteiger partial charge in [0.1, 0.15) is 5.78 Å². The van der Waals surface area contributed by atoms with E-state index in [0.717, 1.165) is 0 Å². The summed E-state index contributed by atoms with van der Waals surface area (Å²) in [5.74, 6) is -0.713. The van der Waals surface area contributed by atoms with Crippen molar-refractivity contribution in [3.05, 3.63) is 39.4 Å². The van der Waals surface area contributed by atoms with E-state index in [-0.39, 0.29) is 29.0 Å². The van der Waals surface area contributed by atoms with Crippen LogP contribution in [0.5, 0.6) is 0 Å². The van der Waals surface area contributed by atoms with Gasteiger partial charge in [-0.2, -0.15) is 0 Å². The summed E-state index contributed by atoms with van der Waals surface area (Å²) in [5, 5.41) is 10.8. The maximum atomic E-state index is 11.4. The fourth-order valence-corrected chi connectivity index (χ4v) is 1.49. The van der Waals surface area contributed by atoms with Crippen molar-refractivity contribution in [2.75, 3.05) is 7.11 Å². The number of nitrogens with zero attached hydrogens (tertiary/aromatic N) is 1. The number of hydrogen-bond acceptors (Lipinski definition) is 5. The molecule has 18 heavy (non-hydrogen) atoms. The van der Waals surface area contributed by atoms with Crippen molar-refractivity contribution in [2.45, 2.75) is 19.8 Å². The zero-order chi connectivity index (χ0) is 13.7. The Morgan fingerprint density at radius 3 is 2.56 bits per heavy atom. The Hall–Kier alpha value is -2.24. The molecule has 0 aliphatic rings. The molecule has 1 aromatic carbocycles. The van der Waals surface area contributed by atoms with Crippen LogP contribution >= 0.6 is 0 Å². The van der Waals surface area contributed by atoms with Crippen LogP contribution in [0.1, 0.15) is 29.3 Å². The Labute approximate surface area is 104 Å². The maximum Gasteiger partial charge on any atom is 0.337 e. The lowest BCUT2D eigenvalue weighted by atomic mass is 10.0. The number of methoxy groups -OCH3 is 1. The van der Waals surface area contributed by atoms with Gasteiger partial charge in [0.2, 0.25) is 0 Å². The number of ketones is 1. The molecule has 0 aliphatic carbocycles. The van der Waals surface area contributed by atoms with Crippen LogP contribution in [-0.4, -0.2) is 23.8 Å². The van der Waals surface area contributed by atoms with Gasteiger partial charge in [0.15, 0.2) is 0 Å². The van der Waals surface area contributed by atoms with E-state index in [2.05, 4.69) is 4.74 Å². The molecular formula is C12H13NO5. The summed E-state index contributed by atoms with van der Waals surface area (Å²) in [5.41, 5.74) is 0.265. The molecule has 6 heteroatoms. The topological polar surface area (TPSA) is 86.5 Å². The highest BCUT2D eigenvalue weighted by molar-refractivity contribution is 5.90. The van der Waals surface area contributed by atoms with Crippen molar-refractivity contribution in [2.24, 2.45) is 0 Å². The van der Waals surface area contributed by atoms with E-state index >= 15 is 0 Å². The minimum Gasteiger partial charge on any atom is -0.465 e. The lowest BCUT2D eigenvalue weighted by Crippen LogP contribution is -2.07. The second-order valence-corrected chi connectivity index (χ2v) is 3.66. The molecule has 0 radical (unpaired) electrons. The average molecular weight is 251 g/mol. The van der Waals surface area contributed by atoms with Gasteiger partial charge in [-0.1, -0.05) is 6.92 Å². The number of hydrogen-bond donors (Lipinski definition) is 0. The van der Waals surface area contributed by atoms with Crippen LogP contribution in [-0.2, 0) is 16.0 Å². The standard InChI is InChI=1S/C12H13NO5/c1-3-10(14)7-9-6-8(12(15)18-2)4-5-11(9)13(16)17/h4-6H,3,7H2,1-2H3. The van der Waals surface area contributed by atoms with E-state index in [1.54, 1.807) is 6.92 Å². The Morgan fingerprint density at radius 2 is 2.06 bits per heavy atom. The average Bonchev–Trinajstić information content (AvgIpc) is 2.37. The lowest BCUT2D eigenvalue weighted by molar-refractivity contribution is -0.385. The van der Waals surface area contributed by atoms with Crippen LogP contribution in [0.15, 0.2) is 18.2 Å². The SMILES string of the molecule is CCC(=O)Cc1cc(C(=O)OC)ccc1[N+](=O)[O-]. The Morgan fingerprint density at radius 1 is 1.39 bits per heavy atom.